The Labute approximate surface area is 108 Å². The number of hydrogen-bond acceptors (Lipinski definition) is 3. The molecule has 0 atom stereocenters. The maximum Gasteiger partial charge on any atom is 0.317 e. The zero-order valence-electron chi connectivity index (χ0n) is 11.2. The second-order valence-corrected chi connectivity index (χ2v) is 5.05. The number of carbonyl (C=O) groups is 2. The molecule has 0 aromatic heterocycles. The van der Waals surface area contributed by atoms with E-state index < -0.39 is 5.97 Å². The van der Waals surface area contributed by atoms with Crippen LogP contribution in [0, 0.1) is 5.92 Å². The van der Waals surface area contributed by atoms with Gasteiger partial charge < -0.3 is 15.3 Å². The molecule has 0 spiro atoms. The van der Waals surface area contributed by atoms with Gasteiger partial charge in [0.15, 0.2) is 0 Å². The summed E-state index contributed by atoms with van der Waals surface area (Å²) < 4.78 is 0. The molecular weight excluding hydrogens is 234 g/mol. The second kappa shape index (κ2) is 7.20. The summed E-state index contributed by atoms with van der Waals surface area (Å²) in [6.07, 6.45) is 0.166. The third-order valence-corrected chi connectivity index (χ3v) is 2.96. The fraction of sp³-hybridized carbons (Fsp3) is 0.833. The Morgan fingerprint density at radius 1 is 1.22 bits per heavy atom. The van der Waals surface area contributed by atoms with Gasteiger partial charge in [0.1, 0.15) is 0 Å². The van der Waals surface area contributed by atoms with Gasteiger partial charge in [0.05, 0.1) is 6.42 Å². The molecule has 18 heavy (non-hydrogen) atoms. The molecule has 1 heterocycles. The number of nitrogens with one attached hydrogen (secondary N) is 1. The average Bonchev–Trinajstić information content (AvgIpc) is 2.34. The van der Waals surface area contributed by atoms with E-state index in [9.17, 15) is 9.59 Å². The lowest BCUT2D eigenvalue weighted by Gasteiger charge is -2.34. The molecule has 0 aromatic rings. The zero-order chi connectivity index (χ0) is 13.5. The van der Waals surface area contributed by atoms with Crippen LogP contribution in [0.2, 0.25) is 0 Å². The molecule has 0 radical (unpaired) electrons. The van der Waals surface area contributed by atoms with Crippen molar-refractivity contribution in [3.05, 3.63) is 0 Å². The minimum absolute atomic E-state index is 0.0124. The van der Waals surface area contributed by atoms with Gasteiger partial charge in [0, 0.05) is 39.3 Å². The molecule has 2 amide bonds. The van der Waals surface area contributed by atoms with E-state index in [0.29, 0.717) is 32.1 Å². The molecular formula is C12H23N3O3. The van der Waals surface area contributed by atoms with Gasteiger partial charge in [-0.2, -0.15) is 0 Å². The number of amides is 2. The Balaban J connectivity index is 2.22. The number of piperazine rings is 1. The van der Waals surface area contributed by atoms with Crippen LogP contribution in [0.5, 0.6) is 0 Å². The van der Waals surface area contributed by atoms with Gasteiger partial charge in [-0.25, -0.2) is 4.79 Å². The molecule has 0 aliphatic carbocycles. The number of carbonyl (C=O) groups excluding carboxylic acids is 1. The fourth-order valence-electron chi connectivity index (χ4n) is 1.83. The normalized spacial score (nSPS) is 16.9. The SMILES string of the molecule is CC(C)CNC(=O)N1CCN(CCC(=O)O)CC1. The van der Waals surface area contributed by atoms with Crippen LogP contribution < -0.4 is 5.32 Å². The standard InChI is InChI=1S/C12H23N3O3/c1-10(2)9-13-12(18)15-7-5-14(6-8-15)4-3-11(16)17/h10H,3-9H2,1-2H3,(H,13,18)(H,16,17). The highest BCUT2D eigenvalue weighted by molar-refractivity contribution is 5.74. The maximum atomic E-state index is 11.8. The molecule has 104 valence electrons. The van der Waals surface area contributed by atoms with Crippen LogP contribution in [-0.2, 0) is 4.79 Å². The summed E-state index contributed by atoms with van der Waals surface area (Å²) in [4.78, 5) is 26.1. The Kier molecular flexibility index (Phi) is 5.91. The fourth-order valence-corrected chi connectivity index (χ4v) is 1.83. The third-order valence-electron chi connectivity index (χ3n) is 2.96. The van der Waals surface area contributed by atoms with E-state index in [1.165, 1.54) is 0 Å². The largest absolute Gasteiger partial charge is 0.481 e. The summed E-state index contributed by atoms with van der Waals surface area (Å²) in [5.74, 6) is -0.321. The molecule has 0 unspecified atom stereocenters. The van der Waals surface area contributed by atoms with E-state index in [2.05, 4.69) is 24.1 Å². The number of hydrogen-bond donors (Lipinski definition) is 2. The van der Waals surface area contributed by atoms with Crippen LogP contribution in [0.15, 0.2) is 0 Å². The quantitative estimate of drug-likeness (QED) is 0.750. The summed E-state index contributed by atoms with van der Waals surface area (Å²) >= 11 is 0. The summed E-state index contributed by atoms with van der Waals surface area (Å²) in [6, 6.07) is -0.0124. The molecule has 1 aliphatic rings. The molecule has 1 aliphatic heterocycles. The highest BCUT2D eigenvalue weighted by Crippen LogP contribution is 2.03. The van der Waals surface area contributed by atoms with Crippen molar-refractivity contribution < 1.29 is 14.7 Å². The molecule has 1 saturated heterocycles. The van der Waals surface area contributed by atoms with E-state index in [-0.39, 0.29) is 12.5 Å². The van der Waals surface area contributed by atoms with Crippen molar-refractivity contribution in [3.63, 3.8) is 0 Å². The van der Waals surface area contributed by atoms with Gasteiger partial charge in [-0.1, -0.05) is 13.8 Å². The first-order valence-corrected chi connectivity index (χ1v) is 6.46. The lowest BCUT2D eigenvalue weighted by Crippen LogP contribution is -2.52. The van der Waals surface area contributed by atoms with Gasteiger partial charge in [-0.3, -0.25) is 9.69 Å². The van der Waals surface area contributed by atoms with Crippen LogP contribution in [-0.4, -0.2) is 66.2 Å². The predicted octanol–water partition coefficient (Wildman–Crippen LogP) is 0.444. The predicted molar refractivity (Wildman–Crippen MR) is 68.5 cm³/mol. The molecule has 0 saturated carbocycles. The molecule has 6 nitrogen and oxygen atoms in total. The summed E-state index contributed by atoms with van der Waals surface area (Å²) in [5.41, 5.74) is 0. The van der Waals surface area contributed by atoms with Crippen LogP contribution in [0.1, 0.15) is 20.3 Å². The lowest BCUT2D eigenvalue weighted by atomic mass is 10.2. The number of nitrogens with zero attached hydrogens (tertiary/aromatic N) is 2. The third kappa shape index (κ3) is 5.35. The minimum Gasteiger partial charge on any atom is -0.481 e. The molecule has 0 aromatic carbocycles. The second-order valence-electron chi connectivity index (χ2n) is 5.05. The van der Waals surface area contributed by atoms with Crippen LogP contribution in [0.3, 0.4) is 0 Å². The summed E-state index contributed by atoms with van der Waals surface area (Å²) in [6.45, 7) is 8.22. The number of aliphatic carboxylic acids is 1. The first kappa shape index (κ1) is 14.8. The van der Waals surface area contributed by atoms with Gasteiger partial charge in [-0.05, 0) is 5.92 Å². The van der Waals surface area contributed by atoms with Crippen LogP contribution in [0.4, 0.5) is 4.79 Å². The first-order chi connectivity index (χ1) is 8.49. The molecule has 6 heteroatoms. The number of urea groups is 1. The zero-order valence-corrected chi connectivity index (χ0v) is 11.2. The van der Waals surface area contributed by atoms with E-state index in [0.717, 1.165) is 13.1 Å². The van der Waals surface area contributed by atoms with E-state index >= 15 is 0 Å². The highest BCUT2D eigenvalue weighted by atomic mass is 16.4. The molecule has 2 N–H and O–H groups in total. The first-order valence-electron chi connectivity index (χ1n) is 6.46. The van der Waals surface area contributed by atoms with Gasteiger partial charge in [0.2, 0.25) is 0 Å². The maximum absolute atomic E-state index is 11.8. The van der Waals surface area contributed by atoms with Gasteiger partial charge in [-0.15, -0.1) is 0 Å². The number of carboxylic acid groups (broad SMARTS) is 1. The Morgan fingerprint density at radius 3 is 2.33 bits per heavy atom. The van der Waals surface area contributed by atoms with Crippen molar-refractivity contribution >= 4 is 12.0 Å². The van der Waals surface area contributed by atoms with Crippen molar-refractivity contribution in [1.82, 2.24) is 15.1 Å². The Morgan fingerprint density at radius 2 is 1.83 bits per heavy atom. The van der Waals surface area contributed by atoms with Gasteiger partial charge in [0.25, 0.3) is 0 Å². The highest BCUT2D eigenvalue weighted by Gasteiger charge is 2.20. The van der Waals surface area contributed by atoms with Crippen LogP contribution >= 0.6 is 0 Å². The lowest BCUT2D eigenvalue weighted by molar-refractivity contribution is -0.137. The number of rotatable bonds is 5. The Bertz CT molecular complexity index is 286. The molecule has 1 fully saturated rings. The van der Waals surface area contributed by atoms with E-state index in [4.69, 9.17) is 5.11 Å². The smallest absolute Gasteiger partial charge is 0.317 e. The summed E-state index contributed by atoms with van der Waals surface area (Å²) in [5, 5.41) is 11.5. The van der Waals surface area contributed by atoms with Crippen molar-refractivity contribution in [2.45, 2.75) is 20.3 Å². The summed E-state index contributed by atoms with van der Waals surface area (Å²) in [7, 11) is 0. The minimum atomic E-state index is -0.771. The van der Waals surface area contributed by atoms with Crippen molar-refractivity contribution in [2.75, 3.05) is 39.3 Å². The average molecular weight is 257 g/mol. The molecule has 0 bridgehead atoms. The van der Waals surface area contributed by atoms with E-state index in [1.54, 1.807) is 4.90 Å². The monoisotopic (exact) mass is 257 g/mol. The van der Waals surface area contributed by atoms with E-state index in [1.807, 2.05) is 0 Å². The van der Waals surface area contributed by atoms with Crippen molar-refractivity contribution in [1.29, 1.82) is 0 Å². The van der Waals surface area contributed by atoms with Crippen molar-refractivity contribution in [3.8, 4) is 0 Å². The van der Waals surface area contributed by atoms with Crippen molar-refractivity contribution in [2.24, 2.45) is 5.92 Å². The topological polar surface area (TPSA) is 72.9 Å². The molecule has 1 rings (SSSR count). The van der Waals surface area contributed by atoms with Gasteiger partial charge >= 0.3 is 12.0 Å². The Hall–Kier alpha value is -1.30. The van der Waals surface area contributed by atoms with Crippen LogP contribution in [0.25, 0.3) is 0 Å². The number of carboxylic acids is 1.